The third kappa shape index (κ3) is 4.20. The fraction of sp³-hybridized carbons (Fsp3) is 0.0952. The maximum Gasteiger partial charge on any atom is 0.348 e. The molecule has 0 bridgehead atoms. The first kappa shape index (κ1) is 21.5. The first-order valence-corrected chi connectivity index (χ1v) is 9.92. The molecule has 2 aromatic heterocycles. The molecule has 162 valence electrons. The second-order valence-corrected chi connectivity index (χ2v) is 7.45. The van der Waals surface area contributed by atoms with Crippen LogP contribution in [0.1, 0.15) is 15.9 Å². The van der Waals surface area contributed by atoms with Crippen molar-refractivity contribution in [2.45, 2.75) is 6.54 Å². The summed E-state index contributed by atoms with van der Waals surface area (Å²) in [6, 6.07) is 11.4. The quantitative estimate of drug-likeness (QED) is 0.222. The van der Waals surface area contributed by atoms with Crippen LogP contribution in [0, 0.1) is 10.1 Å². The van der Waals surface area contributed by atoms with Crippen LogP contribution in [-0.2, 0) is 6.54 Å². The zero-order valence-electron chi connectivity index (χ0n) is 16.5. The van der Waals surface area contributed by atoms with Gasteiger partial charge in [-0.1, -0.05) is 35.3 Å². The Balaban J connectivity index is 1.75. The fourth-order valence-electron chi connectivity index (χ4n) is 3.14. The second kappa shape index (κ2) is 8.81. The molecule has 0 amide bonds. The van der Waals surface area contributed by atoms with E-state index >= 15 is 0 Å². The molecule has 4 rings (SSSR count). The molecule has 0 aliphatic heterocycles. The summed E-state index contributed by atoms with van der Waals surface area (Å²) < 4.78 is 12.4. The van der Waals surface area contributed by atoms with E-state index in [9.17, 15) is 14.9 Å². The lowest BCUT2D eigenvalue weighted by Crippen LogP contribution is -2.11. The number of hydrogen-bond donors (Lipinski definition) is 0. The molecule has 11 heteroatoms. The predicted octanol–water partition coefficient (Wildman–Crippen LogP) is 4.92. The molecule has 0 fully saturated rings. The van der Waals surface area contributed by atoms with Crippen molar-refractivity contribution < 1.29 is 19.2 Å². The number of fused-ring (bicyclic) bond motifs is 1. The van der Waals surface area contributed by atoms with Gasteiger partial charge in [-0.15, -0.1) is 5.10 Å². The van der Waals surface area contributed by atoms with E-state index in [2.05, 4.69) is 10.1 Å². The molecule has 2 aromatic carbocycles. The van der Waals surface area contributed by atoms with Gasteiger partial charge in [0.2, 0.25) is 5.88 Å². The molecule has 0 spiro atoms. The van der Waals surface area contributed by atoms with Crippen LogP contribution in [0.2, 0.25) is 10.0 Å². The van der Waals surface area contributed by atoms with E-state index in [1.165, 1.54) is 31.6 Å². The van der Waals surface area contributed by atoms with Gasteiger partial charge in [0, 0.05) is 24.5 Å². The maximum atomic E-state index is 12.8. The lowest BCUT2D eigenvalue weighted by molar-refractivity contribution is -0.384. The van der Waals surface area contributed by atoms with E-state index in [-0.39, 0.29) is 33.7 Å². The average molecular weight is 473 g/mol. The number of rotatable bonds is 6. The normalized spacial score (nSPS) is 10.8. The summed E-state index contributed by atoms with van der Waals surface area (Å²) in [4.78, 5) is 27.2. The molecular formula is C21H14Cl2N4O5. The zero-order valence-corrected chi connectivity index (χ0v) is 18.0. The number of ether oxygens (including phenoxy) is 2. The number of halogens is 2. The number of pyridine rings is 1. The van der Waals surface area contributed by atoms with Gasteiger partial charge in [-0.3, -0.25) is 19.8 Å². The van der Waals surface area contributed by atoms with Crippen LogP contribution in [-0.4, -0.2) is 32.8 Å². The van der Waals surface area contributed by atoms with Crippen molar-refractivity contribution in [2.75, 3.05) is 7.11 Å². The Bertz CT molecular complexity index is 1340. The fourth-order valence-corrected chi connectivity index (χ4v) is 3.66. The molecule has 0 saturated carbocycles. The first-order chi connectivity index (χ1) is 15.4. The highest BCUT2D eigenvalue weighted by molar-refractivity contribution is 6.39. The van der Waals surface area contributed by atoms with Gasteiger partial charge in [-0.2, -0.15) is 0 Å². The van der Waals surface area contributed by atoms with Crippen LogP contribution in [0.4, 0.5) is 5.69 Å². The standard InChI is InChI=1S/C21H14Cl2N4O5/c1-31-14-5-6-18-15(8-14)20(32-21(28)19-16(22)9-24-10-17(19)23)25-26(18)11-12-3-2-4-13(7-12)27(29)30/h2-10H,11H2,1H3. The van der Waals surface area contributed by atoms with Crippen LogP contribution in [0.3, 0.4) is 0 Å². The Kier molecular flexibility index (Phi) is 5.93. The van der Waals surface area contributed by atoms with E-state index in [4.69, 9.17) is 32.7 Å². The molecular weight excluding hydrogens is 459 g/mol. The van der Waals surface area contributed by atoms with Gasteiger partial charge in [0.15, 0.2) is 0 Å². The summed E-state index contributed by atoms with van der Waals surface area (Å²) in [5.41, 5.74) is 1.21. The predicted molar refractivity (Wildman–Crippen MR) is 118 cm³/mol. The van der Waals surface area contributed by atoms with Crippen molar-refractivity contribution in [1.29, 1.82) is 0 Å². The topological polar surface area (TPSA) is 109 Å². The number of methoxy groups -OCH3 is 1. The average Bonchev–Trinajstić information content (AvgIpc) is 3.10. The summed E-state index contributed by atoms with van der Waals surface area (Å²) >= 11 is 12.1. The molecule has 0 radical (unpaired) electrons. The number of nitrogens with zero attached hydrogens (tertiary/aromatic N) is 4. The minimum atomic E-state index is -0.799. The van der Waals surface area contributed by atoms with E-state index in [1.54, 1.807) is 35.0 Å². The molecule has 0 atom stereocenters. The van der Waals surface area contributed by atoms with E-state index in [1.807, 2.05) is 0 Å². The Labute approximate surface area is 191 Å². The van der Waals surface area contributed by atoms with Crippen molar-refractivity contribution in [3.8, 4) is 11.6 Å². The van der Waals surface area contributed by atoms with Gasteiger partial charge in [0.1, 0.15) is 11.3 Å². The maximum absolute atomic E-state index is 12.8. The Morgan fingerprint density at radius 3 is 2.59 bits per heavy atom. The van der Waals surface area contributed by atoms with E-state index < -0.39 is 10.9 Å². The first-order valence-electron chi connectivity index (χ1n) is 9.16. The zero-order chi connectivity index (χ0) is 22.8. The van der Waals surface area contributed by atoms with Crippen molar-refractivity contribution in [2.24, 2.45) is 0 Å². The number of nitro groups is 1. The minimum Gasteiger partial charge on any atom is -0.497 e. The molecule has 0 saturated heterocycles. The molecule has 0 aliphatic rings. The highest BCUT2D eigenvalue weighted by Crippen LogP contribution is 2.31. The number of hydrogen-bond acceptors (Lipinski definition) is 7. The van der Waals surface area contributed by atoms with E-state index in [0.717, 1.165) is 0 Å². The Morgan fingerprint density at radius 1 is 1.16 bits per heavy atom. The summed E-state index contributed by atoms with van der Waals surface area (Å²) in [5.74, 6) is -0.255. The third-order valence-electron chi connectivity index (χ3n) is 4.62. The smallest absolute Gasteiger partial charge is 0.348 e. The second-order valence-electron chi connectivity index (χ2n) is 6.64. The monoisotopic (exact) mass is 472 g/mol. The largest absolute Gasteiger partial charge is 0.497 e. The molecule has 0 unspecified atom stereocenters. The number of benzene rings is 2. The number of carbonyl (C=O) groups excluding carboxylic acids is 1. The van der Waals surface area contributed by atoms with Crippen molar-refractivity contribution in [3.05, 3.63) is 86.1 Å². The van der Waals surface area contributed by atoms with Crippen molar-refractivity contribution in [3.63, 3.8) is 0 Å². The number of aromatic nitrogens is 3. The van der Waals surface area contributed by atoms with Crippen LogP contribution >= 0.6 is 23.2 Å². The lowest BCUT2D eigenvalue weighted by atomic mass is 10.2. The number of non-ortho nitro benzene ring substituents is 1. The van der Waals surface area contributed by atoms with Crippen molar-refractivity contribution in [1.82, 2.24) is 14.8 Å². The number of carbonyl (C=O) groups is 1. The summed E-state index contributed by atoms with van der Waals surface area (Å²) in [5, 5.41) is 16.1. The van der Waals surface area contributed by atoms with Gasteiger partial charge in [0.25, 0.3) is 5.69 Å². The highest BCUT2D eigenvalue weighted by Gasteiger charge is 2.22. The van der Waals surface area contributed by atoms with Crippen LogP contribution < -0.4 is 9.47 Å². The van der Waals surface area contributed by atoms with Gasteiger partial charge >= 0.3 is 5.97 Å². The van der Waals surface area contributed by atoms with Crippen LogP contribution in [0.15, 0.2) is 54.9 Å². The molecule has 9 nitrogen and oxygen atoms in total. The molecule has 0 N–H and O–H groups in total. The van der Waals surface area contributed by atoms with Gasteiger partial charge in [-0.05, 0) is 23.8 Å². The molecule has 4 aromatic rings. The summed E-state index contributed by atoms with van der Waals surface area (Å²) in [6.07, 6.45) is 2.57. The summed E-state index contributed by atoms with van der Waals surface area (Å²) in [7, 11) is 1.51. The van der Waals surface area contributed by atoms with Gasteiger partial charge in [0.05, 0.1) is 39.5 Å². The van der Waals surface area contributed by atoms with Crippen molar-refractivity contribution >= 4 is 45.8 Å². The van der Waals surface area contributed by atoms with Gasteiger partial charge < -0.3 is 9.47 Å². The number of esters is 1. The molecule has 0 aliphatic carbocycles. The summed E-state index contributed by atoms with van der Waals surface area (Å²) in [6.45, 7) is 0.207. The molecule has 32 heavy (non-hydrogen) atoms. The molecule has 2 heterocycles. The SMILES string of the molecule is COc1ccc2c(c1)c(OC(=O)c1c(Cl)cncc1Cl)nn2Cc1cccc([N+](=O)[O-])c1. The third-order valence-corrected chi connectivity index (χ3v) is 5.20. The van der Waals surface area contributed by atoms with E-state index in [0.29, 0.717) is 22.2 Å². The van der Waals surface area contributed by atoms with Crippen LogP contribution in [0.25, 0.3) is 10.9 Å². The number of nitro benzene ring substituents is 1. The Hall–Kier alpha value is -3.69. The minimum absolute atomic E-state index is 0.0123. The van der Waals surface area contributed by atoms with Crippen LogP contribution in [0.5, 0.6) is 11.6 Å². The Morgan fingerprint density at radius 2 is 1.91 bits per heavy atom. The lowest BCUT2D eigenvalue weighted by Gasteiger charge is -2.05. The highest BCUT2D eigenvalue weighted by atomic mass is 35.5. The van der Waals surface area contributed by atoms with Gasteiger partial charge in [-0.25, -0.2) is 4.79 Å².